The summed E-state index contributed by atoms with van der Waals surface area (Å²) in [5.74, 6) is -0.818. The first kappa shape index (κ1) is 21.4. The standard InChI is InChI=1S/C21H25BrN4O3/c1-13(27)12-24-21-18(6-4-7-19(28)29)25-20(17-5-2-3-10-23-17)15-11-14(22)8-9-16(15)26-21/h2-3,5,8-11,13,18,21,24,26-27H,4,6-7,12H2,1H3,(H,28,29)/t13?,18-,21?/m0/s1. The second-order valence-electron chi connectivity index (χ2n) is 7.12. The minimum atomic E-state index is -0.818. The van der Waals surface area contributed by atoms with Crippen molar-refractivity contribution in [3.63, 3.8) is 0 Å². The molecule has 0 spiro atoms. The summed E-state index contributed by atoms with van der Waals surface area (Å²) in [5, 5.41) is 25.6. The predicted octanol–water partition coefficient (Wildman–Crippen LogP) is 3.03. The maximum absolute atomic E-state index is 11.0. The molecule has 3 atom stereocenters. The molecule has 1 aliphatic rings. The molecular formula is C21H25BrN4O3. The lowest BCUT2D eigenvalue weighted by molar-refractivity contribution is -0.137. The summed E-state index contributed by atoms with van der Waals surface area (Å²) in [6, 6.07) is 11.4. The number of carboxylic acid groups (broad SMARTS) is 1. The van der Waals surface area contributed by atoms with Crippen LogP contribution in [-0.4, -0.2) is 51.7 Å². The van der Waals surface area contributed by atoms with Crippen LogP contribution in [0.25, 0.3) is 0 Å². The van der Waals surface area contributed by atoms with Crippen LogP contribution in [0.1, 0.15) is 37.4 Å². The Morgan fingerprint density at radius 2 is 2.17 bits per heavy atom. The van der Waals surface area contributed by atoms with Gasteiger partial charge in [-0.05, 0) is 50.1 Å². The van der Waals surface area contributed by atoms with E-state index in [1.165, 1.54) is 0 Å². The molecule has 29 heavy (non-hydrogen) atoms. The van der Waals surface area contributed by atoms with Gasteiger partial charge in [0.2, 0.25) is 0 Å². The SMILES string of the molecule is CC(O)CNC1Nc2ccc(Br)cc2C(c2ccccn2)=N[C@H]1CCCC(=O)O. The fourth-order valence-corrected chi connectivity index (χ4v) is 3.66. The van der Waals surface area contributed by atoms with Gasteiger partial charge >= 0.3 is 5.97 Å². The summed E-state index contributed by atoms with van der Waals surface area (Å²) in [6.45, 7) is 2.12. The Labute approximate surface area is 178 Å². The number of benzene rings is 1. The van der Waals surface area contributed by atoms with Gasteiger partial charge in [0.1, 0.15) is 0 Å². The fourth-order valence-electron chi connectivity index (χ4n) is 3.30. The van der Waals surface area contributed by atoms with Crippen molar-refractivity contribution < 1.29 is 15.0 Å². The molecular weight excluding hydrogens is 436 g/mol. The fraction of sp³-hybridized carbons (Fsp3) is 0.381. The average molecular weight is 461 g/mol. The van der Waals surface area contributed by atoms with Crippen molar-refractivity contribution in [2.75, 3.05) is 11.9 Å². The number of hydrogen-bond donors (Lipinski definition) is 4. The zero-order chi connectivity index (χ0) is 20.8. The lowest BCUT2D eigenvalue weighted by Gasteiger charge is -2.26. The number of pyridine rings is 1. The monoisotopic (exact) mass is 460 g/mol. The van der Waals surface area contributed by atoms with Gasteiger partial charge in [-0.1, -0.05) is 22.0 Å². The number of nitrogens with zero attached hydrogens (tertiary/aromatic N) is 2. The third-order valence-corrected chi connectivity index (χ3v) is 5.15. The third kappa shape index (κ3) is 5.85. The van der Waals surface area contributed by atoms with E-state index in [0.717, 1.165) is 27.1 Å². The second kappa shape index (κ2) is 9.96. The molecule has 0 bridgehead atoms. The van der Waals surface area contributed by atoms with Gasteiger partial charge in [-0.25, -0.2) is 0 Å². The number of carbonyl (C=O) groups is 1. The van der Waals surface area contributed by atoms with E-state index in [9.17, 15) is 9.90 Å². The summed E-state index contributed by atoms with van der Waals surface area (Å²) < 4.78 is 0.930. The van der Waals surface area contributed by atoms with Gasteiger partial charge in [-0.2, -0.15) is 0 Å². The van der Waals surface area contributed by atoms with Gasteiger partial charge in [0.25, 0.3) is 0 Å². The van der Waals surface area contributed by atoms with Crippen LogP contribution in [0.2, 0.25) is 0 Å². The smallest absolute Gasteiger partial charge is 0.303 e. The number of aliphatic hydroxyl groups is 1. The quantitative estimate of drug-likeness (QED) is 0.482. The molecule has 1 aromatic carbocycles. The number of fused-ring (bicyclic) bond motifs is 1. The molecule has 3 rings (SSSR count). The van der Waals surface area contributed by atoms with Crippen LogP contribution in [0.5, 0.6) is 0 Å². The van der Waals surface area contributed by atoms with Gasteiger partial charge < -0.3 is 15.5 Å². The molecule has 7 nitrogen and oxygen atoms in total. The molecule has 0 fully saturated rings. The predicted molar refractivity (Wildman–Crippen MR) is 116 cm³/mol. The lowest BCUT2D eigenvalue weighted by Crippen LogP contribution is -2.47. The number of hydrogen-bond acceptors (Lipinski definition) is 6. The van der Waals surface area contributed by atoms with Crippen molar-refractivity contribution >= 4 is 33.3 Å². The van der Waals surface area contributed by atoms with E-state index in [0.29, 0.717) is 19.4 Å². The number of aliphatic imine (C=N–C) groups is 1. The number of halogens is 1. The van der Waals surface area contributed by atoms with Crippen molar-refractivity contribution in [1.82, 2.24) is 10.3 Å². The Morgan fingerprint density at radius 3 is 2.86 bits per heavy atom. The molecule has 154 valence electrons. The molecule has 4 N–H and O–H groups in total. The molecule has 0 saturated heterocycles. The Balaban J connectivity index is 2.02. The zero-order valence-electron chi connectivity index (χ0n) is 16.2. The number of nitrogens with one attached hydrogen (secondary N) is 2. The van der Waals surface area contributed by atoms with Crippen LogP contribution >= 0.6 is 15.9 Å². The van der Waals surface area contributed by atoms with E-state index >= 15 is 0 Å². The number of rotatable bonds is 8. The number of anilines is 1. The summed E-state index contributed by atoms with van der Waals surface area (Å²) in [5.41, 5.74) is 3.34. The molecule has 1 aliphatic heterocycles. The summed E-state index contributed by atoms with van der Waals surface area (Å²) in [6.07, 6.45) is 2.15. The molecule has 1 aromatic heterocycles. The molecule has 8 heteroatoms. The maximum Gasteiger partial charge on any atom is 0.303 e. The van der Waals surface area contributed by atoms with E-state index in [1.807, 2.05) is 36.4 Å². The first-order valence-electron chi connectivity index (χ1n) is 9.63. The molecule has 0 saturated carbocycles. The first-order chi connectivity index (χ1) is 13.9. The van der Waals surface area contributed by atoms with Gasteiger partial charge in [-0.15, -0.1) is 0 Å². The highest BCUT2D eigenvalue weighted by atomic mass is 79.9. The van der Waals surface area contributed by atoms with Crippen LogP contribution in [0.3, 0.4) is 0 Å². The van der Waals surface area contributed by atoms with Crippen LogP contribution in [0, 0.1) is 0 Å². The Kier molecular flexibility index (Phi) is 7.35. The van der Waals surface area contributed by atoms with Crippen molar-refractivity contribution in [2.24, 2.45) is 4.99 Å². The van der Waals surface area contributed by atoms with E-state index in [2.05, 4.69) is 31.5 Å². The van der Waals surface area contributed by atoms with Crippen LogP contribution in [0.15, 0.2) is 52.1 Å². The second-order valence-corrected chi connectivity index (χ2v) is 8.03. The van der Waals surface area contributed by atoms with Crippen LogP contribution in [0.4, 0.5) is 5.69 Å². The van der Waals surface area contributed by atoms with Gasteiger partial charge in [0.15, 0.2) is 0 Å². The molecule has 0 aliphatic carbocycles. The normalized spacial score (nSPS) is 19.5. The van der Waals surface area contributed by atoms with E-state index in [4.69, 9.17) is 10.1 Å². The van der Waals surface area contributed by atoms with Crippen LogP contribution < -0.4 is 10.6 Å². The van der Waals surface area contributed by atoms with Gasteiger partial charge in [-0.3, -0.25) is 20.1 Å². The minimum Gasteiger partial charge on any atom is -0.481 e. The minimum absolute atomic E-state index is 0.0898. The van der Waals surface area contributed by atoms with Gasteiger partial charge in [0.05, 0.1) is 29.7 Å². The highest BCUT2D eigenvalue weighted by molar-refractivity contribution is 9.10. The van der Waals surface area contributed by atoms with Gasteiger partial charge in [0, 0.05) is 34.9 Å². The topological polar surface area (TPSA) is 107 Å². The number of aliphatic carboxylic acids is 1. The highest BCUT2D eigenvalue weighted by Gasteiger charge is 2.28. The largest absolute Gasteiger partial charge is 0.481 e. The van der Waals surface area contributed by atoms with E-state index in [1.54, 1.807) is 13.1 Å². The third-order valence-electron chi connectivity index (χ3n) is 4.66. The Morgan fingerprint density at radius 1 is 1.34 bits per heavy atom. The summed E-state index contributed by atoms with van der Waals surface area (Å²) in [7, 11) is 0. The molecule has 2 unspecified atom stereocenters. The zero-order valence-corrected chi connectivity index (χ0v) is 17.8. The Hall–Kier alpha value is -2.29. The van der Waals surface area contributed by atoms with Crippen molar-refractivity contribution in [1.29, 1.82) is 0 Å². The first-order valence-corrected chi connectivity index (χ1v) is 10.4. The highest BCUT2D eigenvalue weighted by Crippen LogP contribution is 2.29. The number of benzodiazepines with no additional fused rings is 1. The van der Waals surface area contributed by atoms with Crippen LogP contribution in [-0.2, 0) is 4.79 Å². The number of carboxylic acids is 1. The number of aromatic nitrogens is 1. The summed E-state index contributed by atoms with van der Waals surface area (Å²) >= 11 is 3.54. The summed E-state index contributed by atoms with van der Waals surface area (Å²) in [4.78, 5) is 20.5. The number of aliphatic hydroxyl groups excluding tert-OH is 1. The van der Waals surface area contributed by atoms with E-state index in [-0.39, 0.29) is 18.6 Å². The van der Waals surface area contributed by atoms with E-state index < -0.39 is 12.1 Å². The Bertz CT molecular complexity index is 873. The van der Waals surface area contributed by atoms with Crippen molar-refractivity contribution in [2.45, 2.75) is 44.5 Å². The molecule has 0 amide bonds. The molecule has 2 heterocycles. The molecule has 2 aromatic rings. The van der Waals surface area contributed by atoms with Crippen molar-refractivity contribution in [3.8, 4) is 0 Å². The average Bonchev–Trinajstić information content (AvgIpc) is 2.83. The lowest BCUT2D eigenvalue weighted by atomic mass is 10.0. The van der Waals surface area contributed by atoms with Crippen molar-refractivity contribution in [3.05, 3.63) is 58.3 Å². The molecule has 0 radical (unpaired) electrons. The maximum atomic E-state index is 11.0.